The normalized spacial score (nSPS) is 20.8. The predicted octanol–water partition coefficient (Wildman–Crippen LogP) is 4.07. The van der Waals surface area contributed by atoms with E-state index in [0.29, 0.717) is 16.9 Å². The lowest BCUT2D eigenvalue weighted by atomic mass is 9.87. The third kappa shape index (κ3) is 2.99. The topological polar surface area (TPSA) is 38.3 Å². The van der Waals surface area contributed by atoms with Gasteiger partial charge in [-0.15, -0.1) is 0 Å². The van der Waals surface area contributed by atoms with Crippen LogP contribution >= 0.6 is 0 Å². The van der Waals surface area contributed by atoms with Gasteiger partial charge in [-0.05, 0) is 35.6 Å². The second kappa shape index (κ2) is 6.14. The van der Waals surface area contributed by atoms with Gasteiger partial charge in [0.15, 0.2) is 0 Å². The van der Waals surface area contributed by atoms with E-state index in [1.807, 2.05) is 13.8 Å². The Hall–Kier alpha value is -2.43. The second-order valence-corrected chi connectivity index (χ2v) is 7.15. The summed E-state index contributed by atoms with van der Waals surface area (Å²) in [5.74, 6) is -0.968. The molecule has 3 rings (SSSR count). The standard InChI is InChI=1S/C20H21F2NO2/c1-19(2)11-20(19,15-9-8-13(21)10-16(15)22)12-23-18(24)14-6-4-5-7-17(14)25-3/h4-10H,11-12H2,1-3H3,(H,23,24). The molecule has 1 fully saturated rings. The molecule has 1 N–H and O–H groups in total. The summed E-state index contributed by atoms with van der Waals surface area (Å²) >= 11 is 0. The number of carbonyl (C=O) groups excluding carboxylic acids is 1. The summed E-state index contributed by atoms with van der Waals surface area (Å²) in [7, 11) is 1.51. The lowest BCUT2D eigenvalue weighted by Crippen LogP contribution is -2.35. The van der Waals surface area contributed by atoms with Crippen LogP contribution in [0, 0.1) is 17.0 Å². The third-order valence-electron chi connectivity index (χ3n) is 5.26. The van der Waals surface area contributed by atoms with Gasteiger partial charge in [0.05, 0.1) is 12.7 Å². The number of methoxy groups -OCH3 is 1. The number of ether oxygens (including phenoxy) is 1. The van der Waals surface area contributed by atoms with Crippen molar-refractivity contribution in [2.45, 2.75) is 25.7 Å². The molecule has 1 amide bonds. The van der Waals surface area contributed by atoms with Crippen LogP contribution in [0.15, 0.2) is 42.5 Å². The fourth-order valence-corrected chi connectivity index (χ4v) is 3.60. The first kappa shape index (κ1) is 17.4. The molecule has 25 heavy (non-hydrogen) atoms. The van der Waals surface area contributed by atoms with Crippen molar-refractivity contribution in [3.63, 3.8) is 0 Å². The van der Waals surface area contributed by atoms with Crippen LogP contribution in [0.3, 0.4) is 0 Å². The SMILES string of the molecule is COc1ccccc1C(=O)NCC1(c2ccc(F)cc2F)CC1(C)C. The molecule has 0 aliphatic heterocycles. The molecule has 0 heterocycles. The number of hydrogen-bond donors (Lipinski definition) is 1. The van der Waals surface area contributed by atoms with Crippen molar-refractivity contribution in [3.05, 3.63) is 65.2 Å². The van der Waals surface area contributed by atoms with Crippen LogP contribution < -0.4 is 10.1 Å². The number of carbonyl (C=O) groups is 1. The van der Waals surface area contributed by atoms with Crippen molar-refractivity contribution in [1.29, 1.82) is 0 Å². The molecule has 1 aliphatic rings. The maximum atomic E-state index is 14.3. The van der Waals surface area contributed by atoms with Crippen LogP contribution in [0.5, 0.6) is 5.75 Å². The first-order valence-electron chi connectivity index (χ1n) is 8.17. The Morgan fingerprint density at radius 2 is 1.88 bits per heavy atom. The van der Waals surface area contributed by atoms with E-state index in [2.05, 4.69) is 5.32 Å². The zero-order valence-corrected chi connectivity index (χ0v) is 14.5. The molecule has 0 saturated heterocycles. The smallest absolute Gasteiger partial charge is 0.255 e. The summed E-state index contributed by atoms with van der Waals surface area (Å²) in [5.41, 5.74) is 0.153. The number of para-hydroxylation sites is 1. The minimum absolute atomic E-state index is 0.181. The minimum Gasteiger partial charge on any atom is -0.496 e. The summed E-state index contributed by atoms with van der Waals surface area (Å²) < 4.78 is 32.8. The second-order valence-electron chi connectivity index (χ2n) is 7.15. The molecule has 2 aromatic rings. The van der Waals surface area contributed by atoms with Crippen LogP contribution in [0.25, 0.3) is 0 Å². The van der Waals surface area contributed by atoms with Crippen molar-refractivity contribution >= 4 is 5.91 Å². The van der Waals surface area contributed by atoms with E-state index in [1.165, 1.54) is 19.2 Å². The van der Waals surface area contributed by atoms with Crippen molar-refractivity contribution < 1.29 is 18.3 Å². The molecule has 1 atom stereocenters. The molecule has 1 saturated carbocycles. The van der Waals surface area contributed by atoms with E-state index < -0.39 is 17.0 Å². The molecule has 0 radical (unpaired) electrons. The van der Waals surface area contributed by atoms with Gasteiger partial charge in [0, 0.05) is 18.0 Å². The van der Waals surface area contributed by atoms with E-state index in [4.69, 9.17) is 4.74 Å². The minimum atomic E-state index is -0.604. The van der Waals surface area contributed by atoms with Crippen LogP contribution in [0.4, 0.5) is 8.78 Å². The number of halogens is 2. The molecule has 1 aliphatic carbocycles. The van der Waals surface area contributed by atoms with E-state index >= 15 is 0 Å². The number of amides is 1. The van der Waals surface area contributed by atoms with Gasteiger partial charge in [0.25, 0.3) is 5.91 Å². The highest BCUT2D eigenvalue weighted by atomic mass is 19.1. The fourth-order valence-electron chi connectivity index (χ4n) is 3.60. The van der Waals surface area contributed by atoms with Crippen LogP contribution in [-0.2, 0) is 5.41 Å². The summed E-state index contributed by atoms with van der Waals surface area (Å²) in [5, 5.41) is 2.89. The Kier molecular flexibility index (Phi) is 4.27. The van der Waals surface area contributed by atoms with Gasteiger partial charge in [0.2, 0.25) is 0 Å². The average Bonchev–Trinajstić information content (AvgIpc) is 3.14. The van der Waals surface area contributed by atoms with Crippen molar-refractivity contribution in [3.8, 4) is 5.75 Å². The first-order valence-corrected chi connectivity index (χ1v) is 8.17. The zero-order valence-electron chi connectivity index (χ0n) is 14.5. The summed E-state index contributed by atoms with van der Waals surface area (Å²) in [4.78, 5) is 12.5. The highest BCUT2D eigenvalue weighted by Crippen LogP contribution is 2.64. The van der Waals surface area contributed by atoms with Crippen molar-refractivity contribution in [1.82, 2.24) is 5.32 Å². The molecule has 1 unspecified atom stereocenters. The van der Waals surface area contributed by atoms with Crippen LogP contribution in [0.2, 0.25) is 0 Å². The van der Waals surface area contributed by atoms with E-state index in [-0.39, 0.29) is 17.9 Å². The van der Waals surface area contributed by atoms with Gasteiger partial charge in [0.1, 0.15) is 17.4 Å². The van der Waals surface area contributed by atoms with Crippen molar-refractivity contribution in [2.24, 2.45) is 5.41 Å². The van der Waals surface area contributed by atoms with Gasteiger partial charge in [-0.1, -0.05) is 32.0 Å². The van der Waals surface area contributed by atoms with E-state index in [0.717, 1.165) is 12.5 Å². The van der Waals surface area contributed by atoms with Gasteiger partial charge in [-0.3, -0.25) is 4.79 Å². The molecular weight excluding hydrogens is 324 g/mol. The average molecular weight is 345 g/mol. The lowest BCUT2D eigenvalue weighted by Gasteiger charge is -2.23. The Morgan fingerprint density at radius 1 is 1.20 bits per heavy atom. The summed E-state index contributed by atoms with van der Waals surface area (Å²) in [6.07, 6.45) is 0.717. The molecule has 132 valence electrons. The summed E-state index contributed by atoms with van der Waals surface area (Å²) in [6, 6.07) is 10.6. The molecule has 0 bridgehead atoms. The van der Waals surface area contributed by atoms with Crippen molar-refractivity contribution in [2.75, 3.05) is 13.7 Å². The highest BCUT2D eigenvalue weighted by molar-refractivity contribution is 5.97. The van der Waals surface area contributed by atoms with Gasteiger partial charge in [-0.2, -0.15) is 0 Å². The molecule has 3 nitrogen and oxygen atoms in total. The molecule has 0 spiro atoms. The monoisotopic (exact) mass is 345 g/mol. The van der Waals surface area contributed by atoms with Gasteiger partial charge < -0.3 is 10.1 Å². The molecule has 2 aromatic carbocycles. The van der Waals surface area contributed by atoms with Gasteiger partial charge >= 0.3 is 0 Å². The predicted molar refractivity (Wildman–Crippen MR) is 91.8 cm³/mol. The number of nitrogens with one attached hydrogen (secondary N) is 1. The Balaban J connectivity index is 1.83. The fraction of sp³-hybridized carbons (Fsp3) is 0.350. The Morgan fingerprint density at radius 3 is 2.48 bits per heavy atom. The maximum absolute atomic E-state index is 14.3. The molecule has 5 heteroatoms. The number of hydrogen-bond acceptors (Lipinski definition) is 2. The quantitative estimate of drug-likeness (QED) is 0.887. The molecular formula is C20H21F2NO2. The Labute approximate surface area is 146 Å². The largest absolute Gasteiger partial charge is 0.496 e. The lowest BCUT2D eigenvalue weighted by molar-refractivity contribution is 0.0944. The summed E-state index contributed by atoms with van der Waals surface area (Å²) in [6.45, 7) is 4.32. The third-order valence-corrected chi connectivity index (χ3v) is 5.26. The van der Waals surface area contributed by atoms with E-state index in [9.17, 15) is 13.6 Å². The van der Waals surface area contributed by atoms with E-state index in [1.54, 1.807) is 24.3 Å². The zero-order chi connectivity index (χ0) is 18.2. The number of rotatable bonds is 5. The Bertz CT molecular complexity index is 819. The first-order chi connectivity index (χ1) is 11.8. The molecule has 0 aromatic heterocycles. The maximum Gasteiger partial charge on any atom is 0.255 e. The van der Waals surface area contributed by atoms with Gasteiger partial charge in [-0.25, -0.2) is 8.78 Å². The highest BCUT2D eigenvalue weighted by Gasteiger charge is 2.62. The number of benzene rings is 2. The van der Waals surface area contributed by atoms with Crippen LogP contribution in [-0.4, -0.2) is 19.6 Å². The van der Waals surface area contributed by atoms with Crippen LogP contribution in [0.1, 0.15) is 36.2 Å².